The number of carbonyl (C=O) groups is 6. The van der Waals surface area contributed by atoms with Crippen LogP contribution in [0.25, 0.3) is 0 Å². The molecule has 182 valence electrons. The molecule has 0 aliphatic carbocycles. The number of aromatic nitrogens is 2. The highest BCUT2D eigenvalue weighted by molar-refractivity contribution is 7.80. The minimum atomic E-state index is -1.73. The number of hydrogen-bond acceptors (Lipinski definition) is 9. The summed E-state index contributed by atoms with van der Waals surface area (Å²) in [7, 11) is 0. The lowest BCUT2D eigenvalue weighted by molar-refractivity contribution is -0.144. The number of rotatable bonds is 14. The van der Waals surface area contributed by atoms with E-state index < -0.39 is 72.6 Å². The molecule has 0 radical (unpaired) electrons. The van der Waals surface area contributed by atoms with Crippen LogP contribution in [0.1, 0.15) is 18.5 Å². The predicted octanol–water partition coefficient (Wildman–Crippen LogP) is -3.90. The summed E-state index contributed by atoms with van der Waals surface area (Å²) in [5.41, 5.74) is 11.3. The molecule has 0 saturated carbocycles. The molecule has 0 spiro atoms. The molecule has 4 unspecified atom stereocenters. The lowest BCUT2D eigenvalue weighted by Crippen LogP contribution is -2.58. The van der Waals surface area contributed by atoms with E-state index in [0.29, 0.717) is 5.69 Å². The highest BCUT2D eigenvalue weighted by atomic mass is 32.1. The average Bonchev–Trinajstić information content (AvgIpc) is 3.22. The van der Waals surface area contributed by atoms with Crippen LogP contribution in [0.2, 0.25) is 0 Å². The van der Waals surface area contributed by atoms with E-state index >= 15 is 0 Å². The van der Waals surface area contributed by atoms with Gasteiger partial charge in [0.15, 0.2) is 0 Å². The van der Waals surface area contributed by atoms with Crippen molar-refractivity contribution in [1.82, 2.24) is 25.9 Å². The van der Waals surface area contributed by atoms with Crippen LogP contribution in [0.4, 0.5) is 0 Å². The topological polar surface area (TPSA) is 260 Å². The van der Waals surface area contributed by atoms with Crippen molar-refractivity contribution in [3.63, 3.8) is 0 Å². The Kier molecular flexibility index (Phi) is 10.8. The lowest BCUT2D eigenvalue weighted by atomic mass is 10.1. The zero-order valence-corrected chi connectivity index (χ0v) is 18.1. The first-order valence-electron chi connectivity index (χ1n) is 9.42. The lowest BCUT2D eigenvalue weighted by Gasteiger charge is -2.23. The highest BCUT2D eigenvalue weighted by Crippen LogP contribution is 2.01. The first-order chi connectivity index (χ1) is 15.4. The molecule has 4 amide bonds. The Morgan fingerprint density at radius 3 is 2.03 bits per heavy atom. The van der Waals surface area contributed by atoms with Crippen LogP contribution in [-0.2, 0) is 35.2 Å². The molecule has 0 fully saturated rings. The van der Waals surface area contributed by atoms with Crippen molar-refractivity contribution in [1.29, 1.82) is 0 Å². The van der Waals surface area contributed by atoms with Crippen LogP contribution in [0.15, 0.2) is 12.5 Å². The molecule has 16 heteroatoms. The van der Waals surface area contributed by atoms with Gasteiger partial charge < -0.3 is 42.6 Å². The SMILES string of the molecule is NC(=O)CC(NC(=O)C(CC(=O)O)NC(=O)C(CS)NC(=O)C(N)Cc1cnc[nH]1)C(=O)O. The largest absolute Gasteiger partial charge is 0.481 e. The van der Waals surface area contributed by atoms with E-state index in [2.05, 4.69) is 33.2 Å². The number of nitrogens with zero attached hydrogens (tertiary/aromatic N) is 1. The van der Waals surface area contributed by atoms with Gasteiger partial charge >= 0.3 is 11.9 Å². The monoisotopic (exact) mass is 487 g/mol. The van der Waals surface area contributed by atoms with Gasteiger partial charge in [-0.15, -0.1) is 0 Å². The number of imidazole rings is 1. The molecular weight excluding hydrogens is 462 g/mol. The molecule has 0 aliphatic heterocycles. The Morgan fingerprint density at radius 2 is 1.55 bits per heavy atom. The molecule has 0 aliphatic rings. The normalized spacial score (nSPS) is 14.2. The summed E-state index contributed by atoms with van der Waals surface area (Å²) in [5.74, 6) is -7.18. The maximum Gasteiger partial charge on any atom is 0.326 e. The van der Waals surface area contributed by atoms with Gasteiger partial charge in [-0.05, 0) is 0 Å². The number of carbonyl (C=O) groups excluding carboxylic acids is 4. The summed E-state index contributed by atoms with van der Waals surface area (Å²) in [4.78, 5) is 77.1. The van der Waals surface area contributed by atoms with Crippen LogP contribution in [-0.4, -0.2) is 85.7 Å². The van der Waals surface area contributed by atoms with Gasteiger partial charge in [0.25, 0.3) is 0 Å². The van der Waals surface area contributed by atoms with E-state index in [9.17, 15) is 28.8 Å². The average molecular weight is 487 g/mol. The Bertz CT molecular complexity index is 879. The summed E-state index contributed by atoms with van der Waals surface area (Å²) in [6.07, 6.45) is 1.29. The maximum atomic E-state index is 12.5. The van der Waals surface area contributed by atoms with Gasteiger partial charge in [-0.25, -0.2) is 9.78 Å². The first kappa shape index (κ1) is 27.4. The smallest absolute Gasteiger partial charge is 0.326 e. The Morgan fingerprint density at radius 1 is 0.970 bits per heavy atom. The second-order valence-corrected chi connectivity index (χ2v) is 7.23. The number of aromatic amines is 1. The zero-order valence-electron chi connectivity index (χ0n) is 17.2. The number of H-pyrrole nitrogens is 1. The molecule has 0 bridgehead atoms. The van der Waals surface area contributed by atoms with Gasteiger partial charge in [0.1, 0.15) is 18.1 Å². The number of amides is 4. The van der Waals surface area contributed by atoms with Crippen LogP contribution < -0.4 is 27.4 Å². The van der Waals surface area contributed by atoms with Crippen LogP contribution in [0, 0.1) is 0 Å². The van der Waals surface area contributed by atoms with Crippen molar-refractivity contribution < 1.29 is 39.0 Å². The van der Waals surface area contributed by atoms with Crippen LogP contribution >= 0.6 is 12.6 Å². The number of nitrogens with one attached hydrogen (secondary N) is 4. The molecule has 15 nitrogen and oxygen atoms in total. The third-order valence-corrected chi connectivity index (χ3v) is 4.54. The second kappa shape index (κ2) is 13.0. The van der Waals surface area contributed by atoms with Gasteiger partial charge in [-0.2, -0.15) is 12.6 Å². The number of nitrogens with two attached hydrogens (primary N) is 2. The molecule has 10 N–H and O–H groups in total. The van der Waals surface area contributed by atoms with Gasteiger partial charge in [0.2, 0.25) is 23.6 Å². The van der Waals surface area contributed by atoms with Crippen LogP contribution in [0.5, 0.6) is 0 Å². The number of aliphatic carboxylic acids is 2. The molecule has 1 aromatic heterocycles. The fourth-order valence-electron chi connectivity index (χ4n) is 2.53. The molecule has 1 aromatic rings. The molecule has 4 atom stereocenters. The third kappa shape index (κ3) is 9.56. The summed E-state index contributed by atoms with van der Waals surface area (Å²) >= 11 is 3.97. The Hall–Kier alpha value is -3.66. The quantitative estimate of drug-likeness (QED) is 0.115. The van der Waals surface area contributed by atoms with Crippen LogP contribution in [0.3, 0.4) is 0 Å². The van der Waals surface area contributed by atoms with E-state index in [1.807, 2.05) is 5.32 Å². The molecule has 0 saturated heterocycles. The van der Waals surface area contributed by atoms with Crippen molar-refractivity contribution in [2.24, 2.45) is 11.5 Å². The fraction of sp³-hybridized carbons (Fsp3) is 0.471. The second-order valence-electron chi connectivity index (χ2n) is 6.86. The number of carboxylic acid groups (broad SMARTS) is 2. The van der Waals surface area contributed by atoms with E-state index in [1.165, 1.54) is 12.5 Å². The molecule has 0 aromatic carbocycles. The first-order valence-corrected chi connectivity index (χ1v) is 10.1. The summed E-state index contributed by atoms with van der Waals surface area (Å²) in [6, 6.07) is -5.80. The highest BCUT2D eigenvalue weighted by Gasteiger charge is 2.31. The fourth-order valence-corrected chi connectivity index (χ4v) is 2.79. The van der Waals surface area contributed by atoms with Crippen molar-refractivity contribution in [2.75, 3.05) is 5.75 Å². The molecule has 1 rings (SSSR count). The number of thiol groups is 1. The van der Waals surface area contributed by atoms with Gasteiger partial charge in [0, 0.05) is 24.1 Å². The summed E-state index contributed by atoms with van der Waals surface area (Å²) < 4.78 is 0. The summed E-state index contributed by atoms with van der Waals surface area (Å²) in [5, 5.41) is 24.5. The standard InChI is InChI=1S/C17H25N7O8S/c18-8(1-7-4-20-6-21-7)14(28)24-11(5-33)16(30)22-9(3-13(26)27)15(29)23-10(17(31)32)2-12(19)25/h4,6,8-11,33H,1-3,5,18H2,(H2,19,25)(H,20,21)(H,22,30)(H,23,29)(H,24,28)(H,26,27)(H,31,32). The Balaban J connectivity index is 2.83. The van der Waals surface area contributed by atoms with Crippen molar-refractivity contribution >= 4 is 48.2 Å². The number of primary amides is 1. The van der Waals surface area contributed by atoms with E-state index in [-0.39, 0.29) is 12.2 Å². The van der Waals surface area contributed by atoms with Crippen molar-refractivity contribution in [3.05, 3.63) is 18.2 Å². The minimum absolute atomic E-state index is 0.0905. The van der Waals surface area contributed by atoms with E-state index in [4.69, 9.17) is 21.7 Å². The number of carboxylic acids is 2. The molecule has 33 heavy (non-hydrogen) atoms. The van der Waals surface area contributed by atoms with Gasteiger partial charge in [0.05, 0.1) is 25.2 Å². The minimum Gasteiger partial charge on any atom is -0.481 e. The van der Waals surface area contributed by atoms with Crippen molar-refractivity contribution in [3.8, 4) is 0 Å². The maximum absolute atomic E-state index is 12.5. The molecular formula is C17H25N7O8S. The van der Waals surface area contributed by atoms with E-state index in [1.54, 1.807) is 0 Å². The zero-order chi connectivity index (χ0) is 25.1. The summed E-state index contributed by atoms with van der Waals surface area (Å²) in [6.45, 7) is 0. The number of hydrogen-bond donors (Lipinski definition) is 9. The predicted molar refractivity (Wildman–Crippen MR) is 114 cm³/mol. The van der Waals surface area contributed by atoms with Gasteiger partial charge in [-0.3, -0.25) is 24.0 Å². The Labute approximate surface area is 192 Å². The van der Waals surface area contributed by atoms with Crippen molar-refractivity contribution in [2.45, 2.75) is 43.4 Å². The molecule has 1 heterocycles. The third-order valence-electron chi connectivity index (χ3n) is 4.18. The van der Waals surface area contributed by atoms with Gasteiger partial charge in [-0.1, -0.05) is 0 Å². The van der Waals surface area contributed by atoms with E-state index in [0.717, 1.165) is 0 Å².